The number of fused-ring (bicyclic) bond motifs is 1. The monoisotopic (exact) mass is 404 g/mol. The molecule has 0 radical (unpaired) electrons. The Labute approximate surface area is 178 Å². The summed E-state index contributed by atoms with van der Waals surface area (Å²) in [7, 11) is 0. The van der Waals surface area contributed by atoms with Gasteiger partial charge in [-0.1, -0.05) is 24.3 Å². The molecule has 2 aromatic rings. The maximum absolute atomic E-state index is 12.6. The minimum Gasteiger partial charge on any atom is -0.356 e. The fourth-order valence-corrected chi connectivity index (χ4v) is 4.47. The van der Waals surface area contributed by atoms with E-state index in [1.807, 2.05) is 12.1 Å². The summed E-state index contributed by atoms with van der Waals surface area (Å²) in [6.07, 6.45) is 5.57. The van der Waals surface area contributed by atoms with Gasteiger partial charge in [0.25, 0.3) is 5.82 Å². The van der Waals surface area contributed by atoms with Crippen molar-refractivity contribution in [2.75, 3.05) is 37.6 Å². The first-order valence-electron chi connectivity index (χ1n) is 11.0. The molecule has 2 aliphatic heterocycles. The van der Waals surface area contributed by atoms with Crippen LogP contribution in [0.15, 0.2) is 42.6 Å². The first kappa shape index (κ1) is 20.4. The van der Waals surface area contributed by atoms with Gasteiger partial charge in [0.05, 0.1) is 18.7 Å². The quantitative estimate of drug-likeness (QED) is 0.749. The molecule has 6 nitrogen and oxygen atoms in total. The van der Waals surface area contributed by atoms with Crippen molar-refractivity contribution in [1.29, 1.82) is 5.26 Å². The zero-order chi connectivity index (χ0) is 20.8. The van der Waals surface area contributed by atoms with Crippen LogP contribution in [0.4, 0.5) is 5.82 Å². The Kier molecular flexibility index (Phi) is 6.60. The van der Waals surface area contributed by atoms with Crippen LogP contribution in [0.5, 0.6) is 0 Å². The molecule has 156 valence electrons. The third kappa shape index (κ3) is 4.98. The molecule has 0 aliphatic carbocycles. The Morgan fingerprint density at radius 2 is 1.93 bits per heavy atom. The van der Waals surface area contributed by atoms with Gasteiger partial charge in [0.2, 0.25) is 5.91 Å². The largest absolute Gasteiger partial charge is 0.356 e. The fourth-order valence-electron chi connectivity index (χ4n) is 4.47. The van der Waals surface area contributed by atoms with E-state index >= 15 is 0 Å². The Morgan fingerprint density at radius 1 is 1.13 bits per heavy atom. The van der Waals surface area contributed by atoms with Crippen LogP contribution in [0.1, 0.15) is 36.0 Å². The molecule has 0 atom stereocenters. The number of rotatable bonds is 6. The molecule has 2 N–H and O–H groups in total. The summed E-state index contributed by atoms with van der Waals surface area (Å²) in [4.78, 5) is 20.5. The van der Waals surface area contributed by atoms with E-state index in [0.717, 1.165) is 70.8 Å². The van der Waals surface area contributed by atoms with Crippen LogP contribution in [-0.2, 0) is 17.8 Å². The van der Waals surface area contributed by atoms with Gasteiger partial charge in [-0.15, -0.1) is 0 Å². The number of piperidine rings is 1. The lowest BCUT2D eigenvalue weighted by atomic mass is 9.96. The van der Waals surface area contributed by atoms with E-state index in [0.29, 0.717) is 5.56 Å². The number of amides is 1. The lowest BCUT2D eigenvalue weighted by Crippen LogP contribution is -2.42. The molecule has 30 heavy (non-hydrogen) atoms. The summed E-state index contributed by atoms with van der Waals surface area (Å²) in [5.41, 5.74) is 3.55. The van der Waals surface area contributed by atoms with Crippen molar-refractivity contribution < 1.29 is 9.78 Å². The number of nitrogens with one attached hydrogen (secondary N) is 2. The zero-order valence-corrected chi connectivity index (χ0v) is 17.4. The summed E-state index contributed by atoms with van der Waals surface area (Å²) < 4.78 is 0. The predicted octanol–water partition coefficient (Wildman–Crippen LogP) is 2.15. The second-order valence-electron chi connectivity index (χ2n) is 8.28. The number of hydrogen-bond donors (Lipinski definition) is 1. The van der Waals surface area contributed by atoms with E-state index in [2.05, 4.69) is 50.4 Å². The lowest BCUT2D eigenvalue weighted by molar-refractivity contribution is -0.364. The Balaban J connectivity index is 1.15. The second-order valence-corrected chi connectivity index (χ2v) is 8.28. The van der Waals surface area contributed by atoms with Crippen molar-refractivity contribution >= 4 is 11.7 Å². The molecule has 0 bridgehead atoms. The van der Waals surface area contributed by atoms with Crippen molar-refractivity contribution in [3.05, 3.63) is 59.3 Å². The molecule has 0 spiro atoms. The average Bonchev–Trinajstić information content (AvgIpc) is 2.82. The second kappa shape index (κ2) is 9.73. The highest BCUT2D eigenvalue weighted by Gasteiger charge is 2.29. The zero-order valence-electron chi connectivity index (χ0n) is 17.4. The van der Waals surface area contributed by atoms with Crippen LogP contribution in [0.2, 0.25) is 0 Å². The number of nitrogens with zero attached hydrogens (tertiary/aromatic N) is 3. The number of carbonyl (C=O) groups excluding carboxylic acids is 1. The van der Waals surface area contributed by atoms with Crippen molar-refractivity contribution in [3.63, 3.8) is 0 Å². The van der Waals surface area contributed by atoms with Crippen LogP contribution in [0.3, 0.4) is 0 Å². The first-order valence-corrected chi connectivity index (χ1v) is 11.0. The molecule has 1 saturated heterocycles. The number of aromatic amines is 1. The minimum atomic E-state index is 0.0986. The van der Waals surface area contributed by atoms with Crippen molar-refractivity contribution in [3.8, 4) is 6.07 Å². The van der Waals surface area contributed by atoms with Crippen LogP contribution in [0.25, 0.3) is 0 Å². The maximum atomic E-state index is 12.6. The molecule has 1 aromatic heterocycles. The minimum absolute atomic E-state index is 0.0986. The molecular formula is C24H30N5O+. The normalized spacial score (nSPS) is 17.2. The van der Waals surface area contributed by atoms with Crippen molar-refractivity contribution in [1.82, 2.24) is 10.2 Å². The molecule has 0 saturated carbocycles. The predicted molar refractivity (Wildman–Crippen MR) is 116 cm³/mol. The fraction of sp³-hybridized carbons (Fsp3) is 0.458. The van der Waals surface area contributed by atoms with Crippen LogP contribution in [-0.4, -0.2) is 43.5 Å². The Hall–Kier alpha value is -2.91. The lowest BCUT2D eigenvalue weighted by Gasteiger charge is -2.29. The van der Waals surface area contributed by atoms with E-state index in [4.69, 9.17) is 5.26 Å². The number of anilines is 1. The van der Waals surface area contributed by atoms with E-state index in [1.165, 1.54) is 11.1 Å². The van der Waals surface area contributed by atoms with Gasteiger partial charge in [0, 0.05) is 38.2 Å². The summed E-state index contributed by atoms with van der Waals surface area (Å²) in [5.74, 6) is 1.31. The van der Waals surface area contributed by atoms with Gasteiger partial charge in [0.15, 0.2) is 0 Å². The van der Waals surface area contributed by atoms with Gasteiger partial charge in [-0.05, 0) is 42.9 Å². The number of carbonyl (C=O) groups is 1. The van der Waals surface area contributed by atoms with E-state index in [-0.39, 0.29) is 11.8 Å². The van der Waals surface area contributed by atoms with Crippen molar-refractivity contribution in [2.45, 2.75) is 32.2 Å². The van der Waals surface area contributed by atoms with E-state index < -0.39 is 0 Å². The standard InChI is InChI=1S/C24H29N5O/c25-16-19-6-7-23(27-17-19)29-14-9-21(10-15-29)24(30)26-11-3-12-28-13-8-20-4-1-2-5-22(20)18-28/h1-2,4-7,17,21H,3,8-15,18H2,(H,26,30)/p+1. The third-order valence-corrected chi connectivity index (χ3v) is 6.29. The van der Waals surface area contributed by atoms with Crippen LogP contribution >= 0.6 is 0 Å². The number of aromatic nitrogens is 1. The summed E-state index contributed by atoms with van der Waals surface area (Å²) in [5, 5.41) is 12.1. The number of H-pyrrole nitrogens is 1. The number of hydrogen-bond acceptors (Lipinski definition) is 4. The number of nitriles is 1. The molecule has 1 fully saturated rings. The molecule has 2 aliphatic rings. The Morgan fingerprint density at radius 3 is 2.67 bits per heavy atom. The van der Waals surface area contributed by atoms with E-state index in [1.54, 1.807) is 6.20 Å². The topological polar surface area (TPSA) is 73.5 Å². The highest BCUT2D eigenvalue weighted by Crippen LogP contribution is 2.21. The van der Waals surface area contributed by atoms with E-state index in [9.17, 15) is 4.79 Å². The number of benzene rings is 1. The maximum Gasteiger partial charge on any atom is 0.274 e. The first-order chi connectivity index (χ1) is 14.7. The molecule has 6 heteroatoms. The molecular weight excluding hydrogens is 374 g/mol. The van der Waals surface area contributed by atoms with Crippen molar-refractivity contribution in [2.24, 2.45) is 5.92 Å². The van der Waals surface area contributed by atoms with Gasteiger partial charge in [-0.2, -0.15) is 5.26 Å². The molecule has 1 aromatic carbocycles. The third-order valence-electron chi connectivity index (χ3n) is 6.29. The summed E-state index contributed by atoms with van der Waals surface area (Å²) in [6, 6.07) is 14.6. The van der Waals surface area contributed by atoms with Gasteiger partial charge in [-0.25, -0.2) is 4.98 Å². The highest BCUT2D eigenvalue weighted by molar-refractivity contribution is 5.78. The molecule has 1 amide bonds. The van der Waals surface area contributed by atoms with Gasteiger partial charge in [-0.3, -0.25) is 14.6 Å². The SMILES string of the molecule is N#Cc1ccc(N2CCC(C(=O)NCCCN3CCc4ccccc4C3)CC2)[nH+]c1. The highest BCUT2D eigenvalue weighted by atomic mass is 16.1. The van der Waals surface area contributed by atoms with Crippen LogP contribution < -0.4 is 15.2 Å². The van der Waals surface area contributed by atoms with Gasteiger partial charge >= 0.3 is 0 Å². The molecule has 0 unspecified atom stereocenters. The summed E-state index contributed by atoms with van der Waals surface area (Å²) in [6.45, 7) is 5.62. The number of pyridine rings is 1. The van der Waals surface area contributed by atoms with Gasteiger partial charge < -0.3 is 5.32 Å². The Bertz CT molecular complexity index is 897. The van der Waals surface area contributed by atoms with Crippen LogP contribution in [0, 0.1) is 17.2 Å². The molecule has 4 rings (SSSR count). The average molecular weight is 405 g/mol. The smallest absolute Gasteiger partial charge is 0.274 e. The summed E-state index contributed by atoms with van der Waals surface area (Å²) >= 11 is 0. The van der Waals surface area contributed by atoms with Gasteiger partial charge in [0.1, 0.15) is 12.3 Å². The molecule has 3 heterocycles.